The molecule has 2 heteroatoms. The third kappa shape index (κ3) is 2.79. The molecule has 20 heavy (non-hydrogen) atoms. The Balaban J connectivity index is 1.61. The van der Waals surface area contributed by atoms with Crippen molar-refractivity contribution in [1.82, 2.24) is 0 Å². The molecular weight excluding hydrogens is 244 g/mol. The van der Waals surface area contributed by atoms with E-state index < -0.39 is 0 Å². The van der Waals surface area contributed by atoms with Crippen LogP contribution in [-0.2, 0) is 12.8 Å². The number of hydrogen-bond acceptors (Lipinski definition) is 2. The highest BCUT2D eigenvalue weighted by Gasteiger charge is 2.15. The molecule has 1 heterocycles. The number of benzene rings is 2. The molecule has 0 unspecified atom stereocenters. The molecule has 3 rings (SSSR count). The van der Waals surface area contributed by atoms with Crippen LogP contribution in [0.1, 0.15) is 24.0 Å². The first-order valence-electron chi connectivity index (χ1n) is 7.51. The van der Waals surface area contributed by atoms with Crippen molar-refractivity contribution in [3.8, 4) is 0 Å². The number of nitrogens with zero attached hydrogens (tertiary/aromatic N) is 1. The second-order valence-electron chi connectivity index (χ2n) is 5.52. The molecule has 0 spiro atoms. The molecule has 0 saturated carbocycles. The normalized spacial score (nSPS) is 14.1. The van der Waals surface area contributed by atoms with Crippen molar-refractivity contribution in [2.75, 3.05) is 23.7 Å². The van der Waals surface area contributed by atoms with E-state index >= 15 is 0 Å². The second-order valence-corrected chi connectivity index (χ2v) is 5.52. The number of fused-ring (bicyclic) bond motifs is 1. The van der Waals surface area contributed by atoms with Crippen molar-refractivity contribution in [2.24, 2.45) is 0 Å². The van der Waals surface area contributed by atoms with Crippen LogP contribution >= 0.6 is 0 Å². The minimum atomic E-state index is 0.923. The fourth-order valence-electron chi connectivity index (χ4n) is 3.07. The van der Waals surface area contributed by atoms with E-state index in [0.29, 0.717) is 0 Å². The molecule has 1 aliphatic rings. The summed E-state index contributed by atoms with van der Waals surface area (Å²) >= 11 is 0. The predicted molar refractivity (Wildman–Crippen MR) is 86.2 cm³/mol. The van der Waals surface area contributed by atoms with Gasteiger partial charge < -0.3 is 10.6 Å². The minimum Gasteiger partial charge on any atom is -0.399 e. The maximum atomic E-state index is 6.00. The van der Waals surface area contributed by atoms with Crippen molar-refractivity contribution >= 4 is 11.4 Å². The zero-order valence-corrected chi connectivity index (χ0v) is 11.9. The molecular formula is C18H22N2. The molecule has 2 nitrogen and oxygen atoms in total. The molecule has 2 aromatic rings. The summed E-state index contributed by atoms with van der Waals surface area (Å²) in [5, 5.41) is 0. The third-order valence-corrected chi connectivity index (χ3v) is 4.14. The van der Waals surface area contributed by atoms with Gasteiger partial charge in [-0.05, 0) is 48.9 Å². The van der Waals surface area contributed by atoms with E-state index in [4.69, 9.17) is 5.73 Å². The molecule has 0 atom stereocenters. The average molecular weight is 266 g/mol. The summed E-state index contributed by atoms with van der Waals surface area (Å²) in [6.07, 6.45) is 4.71. The van der Waals surface area contributed by atoms with Gasteiger partial charge in [0.1, 0.15) is 0 Å². The number of nitrogens with two attached hydrogens (primary N) is 1. The Bertz CT molecular complexity index is 577. The molecule has 0 aromatic heterocycles. The molecule has 0 amide bonds. The van der Waals surface area contributed by atoms with Crippen molar-refractivity contribution < 1.29 is 0 Å². The lowest BCUT2D eigenvalue weighted by Crippen LogP contribution is -2.30. The quantitative estimate of drug-likeness (QED) is 0.856. The molecule has 2 N–H and O–H groups in total. The second kappa shape index (κ2) is 6.00. The molecule has 0 saturated heterocycles. The van der Waals surface area contributed by atoms with E-state index in [1.807, 2.05) is 12.1 Å². The highest BCUT2D eigenvalue weighted by molar-refractivity contribution is 5.55. The van der Waals surface area contributed by atoms with Crippen LogP contribution in [0.4, 0.5) is 11.4 Å². The lowest BCUT2D eigenvalue weighted by molar-refractivity contribution is 0.665. The lowest BCUT2D eigenvalue weighted by Gasteiger charge is -2.31. The molecule has 0 bridgehead atoms. The number of para-hydroxylation sites is 2. The maximum absolute atomic E-state index is 6.00. The van der Waals surface area contributed by atoms with Crippen LogP contribution in [0.5, 0.6) is 0 Å². The van der Waals surface area contributed by atoms with Crippen LogP contribution in [0.25, 0.3) is 0 Å². The summed E-state index contributed by atoms with van der Waals surface area (Å²) in [6.45, 7) is 2.30. The maximum Gasteiger partial charge on any atom is 0.0398 e. The van der Waals surface area contributed by atoms with E-state index in [1.54, 1.807) is 0 Å². The van der Waals surface area contributed by atoms with Crippen molar-refractivity contribution in [2.45, 2.75) is 25.7 Å². The molecule has 0 fully saturated rings. The van der Waals surface area contributed by atoms with Crippen LogP contribution in [0.2, 0.25) is 0 Å². The number of anilines is 2. The SMILES string of the molecule is Nc1ccccc1CCCN1CCCc2ccccc21. The summed E-state index contributed by atoms with van der Waals surface area (Å²) in [7, 11) is 0. The standard InChI is InChI=1S/C18H22N2/c19-17-11-3-1-7-15(17)9-5-13-20-14-6-10-16-8-2-4-12-18(16)20/h1-4,7-8,11-12H,5-6,9-10,13-14,19H2. The number of hydrogen-bond donors (Lipinski definition) is 1. The first-order chi connectivity index (χ1) is 9.84. The fourth-order valence-corrected chi connectivity index (χ4v) is 3.07. The van der Waals surface area contributed by atoms with E-state index in [-0.39, 0.29) is 0 Å². The van der Waals surface area contributed by atoms with Gasteiger partial charge in [-0.2, -0.15) is 0 Å². The predicted octanol–water partition coefficient (Wildman–Crippen LogP) is 3.65. The zero-order chi connectivity index (χ0) is 13.8. The van der Waals surface area contributed by atoms with Crippen LogP contribution in [-0.4, -0.2) is 13.1 Å². The molecule has 0 aliphatic carbocycles. The zero-order valence-electron chi connectivity index (χ0n) is 11.9. The van der Waals surface area contributed by atoms with Crippen molar-refractivity contribution in [3.05, 3.63) is 59.7 Å². The van der Waals surface area contributed by atoms with E-state index in [1.165, 1.54) is 36.2 Å². The van der Waals surface area contributed by atoms with Gasteiger partial charge in [-0.25, -0.2) is 0 Å². The number of rotatable bonds is 4. The number of aryl methyl sites for hydroxylation is 2. The van der Waals surface area contributed by atoms with Crippen LogP contribution in [0, 0.1) is 0 Å². The summed E-state index contributed by atoms with van der Waals surface area (Å²) in [5.41, 5.74) is 11.1. The largest absolute Gasteiger partial charge is 0.399 e. The summed E-state index contributed by atoms with van der Waals surface area (Å²) in [4.78, 5) is 2.53. The van der Waals surface area contributed by atoms with Crippen LogP contribution < -0.4 is 10.6 Å². The van der Waals surface area contributed by atoms with E-state index in [0.717, 1.165) is 25.1 Å². The van der Waals surface area contributed by atoms with Crippen molar-refractivity contribution in [1.29, 1.82) is 0 Å². The van der Waals surface area contributed by atoms with Gasteiger partial charge in [-0.1, -0.05) is 36.4 Å². The summed E-state index contributed by atoms with van der Waals surface area (Å²) < 4.78 is 0. The van der Waals surface area contributed by atoms with E-state index in [9.17, 15) is 0 Å². The minimum absolute atomic E-state index is 0.923. The Kier molecular flexibility index (Phi) is 3.91. The molecule has 104 valence electrons. The van der Waals surface area contributed by atoms with Gasteiger partial charge in [0.05, 0.1) is 0 Å². The first kappa shape index (κ1) is 13.0. The average Bonchev–Trinajstić information content (AvgIpc) is 2.49. The third-order valence-electron chi connectivity index (χ3n) is 4.14. The Labute approximate surface area is 121 Å². The van der Waals surface area contributed by atoms with E-state index in [2.05, 4.69) is 41.3 Å². The number of nitrogen functional groups attached to an aromatic ring is 1. The topological polar surface area (TPSA) is 29.3 Å². The van der Waals surface area contributed by atoms with Gasteiger partial charge in [0, 0.05) is 24.5 Å². The van der Waals surface area contributed by atoms with Gasteiger partial charge >= 0.3 is 0 Å². The van der Waals surface area contributed by atoms with Gasteiger partial charge in [-0.3, -0.25) is 0 Å². The molecule has 1 aliphatic heterocycles. The van der Waals surface area contributed by atoms with Gasteiger partial charge in [-0.15, -0.1) is 0 Å². The van der Waals surface area contributed by atoms with Crippen LogP contribution in [0.3, 0.4) is 0 Å². The Hall–Kier alpha value is -1.96. The highest BCUT2D eigenvalue weighted by Crippen LogP contribution is 2.27. The Morgan fingerprint density at radius 3 is 2.70 bits per heavy atom. The highest BCUT2D eigenvalue weighted by atomic mass is 15.1. The fraction of sp³-hybridized carbons (Fsp3) is 0.333. The smallest absolute Gasteiger partial charge is 0.0398 e. The summed E-state index contributed by atoms with van der Waals surface area (Å²) in [5.74, 6) is 0. The molecule has 2 aromatic carbocycles. The first-order valence-corrected chi connectivity index (χ1v) is 7.51. The molecule has 0 radical (unpaired) electrons. The van der Waals surface area contributed by atoms with Gasteiger partial charge in [0.25, 0.3) is 0 Å². The summed E-state index contributed by atoms with van der Waals surface area (Å²) in [6, 6.07) is 17.0. The Morgan fingerprint density at radius 2 is 1.80 bits per heavy atom. The Morgan fingerprint density at radius 1 is 1.00 bits per heavy atom. The van der Waals surface area contributed by atoms with Gasteiger partial charge in [0.2, 0.25) is 0 Å². The van der Waals surface area contributed by atoms with Crippen molar-refractivity contribution in [3.63, 3.8) is 0 Å². The monoisotopic (exact) mass is 266 g/mol. The van der Waals surface area contributed by atoms with Crippen LogP contribution in [0.15, 0.2) is 48.5 Å². The lowest BCUT2D eigenvalue weighted by atomic mass is 10.0. The van der Waals surface area contributed by atoms with Gasteiger partial charge in [0.15, 0.2) is 0 Å².